The van der Waals surface area contributed by atoms with Crippen molar-refractivity contribution in [1.82, 2.24) is 30.2 Å². The molecule has 5 rings (SSSR count). The number of aryl methyl sites for hydroxylation is 2. The highest BCUT2D eigenvalue weighted by atomic mass is 16.5. The fourth-order valence-corrected chi connectivity index (χ4v) is 5.04. The van der Waals surface area contributed by atoms with E-state index in [-0.39, 0.29) is 11.8 Å². The largest absolute Gasteiger partial charge is 0.379 e. The highest BCUT2D eigenvalue weighted by Gasteiger charge is 2.29. The number of rotatable bonds is 6. The number of aromatic nitrogens is 4. The van der Waals surface area contributed by atoms with Gasteiger partial charge in [-0.2, -0.15) is 10.2 Å². The molecule has 180 valence electrons. The molecule has 1 N–H and O–H groups in total. The second-order valence-corrected chi connectivity index (χ2v) is 9.20. The van der Waals surface area contributed by atoms with Gasteiger partial charge < -0.3 is 15.0 Å². The van der Waals surface area contributed by atoms with Crippen LogP contribution in [0.25, 0.3) is 16.6 Å². The number of fused-ring (bicyclic) bond motifs is 1. The number of nitrogens with zero attached hydrogens (tertiary/aromatic N) is 6. The van der Waals surface area contributed by atoms with Gasteiger partial charge in [-0.25, -0.2) is 4.68 Å². The normalized spacial score (nSPS) is 19.5. The summed E-state index contributed by atoms with van der Waals surface area (Å²) in [5.74, 6) is 0.832. The molecule has 3 aromatic rings. The van der Waals surface area contributed by atoms with Crippen molar-refractivity contribution < 1.29 is 9.53 Å². The summed E-state index contributed by atoms with van der Waals surface area (Å²) >= 11 is 0. The molecule has 2 fully saturated rings. The lowest BCUT2D eigenvalue weighted by atomic mass is 9.97. The highest BCUT2D eigenvalue weighted by molar-refractivity contribution is 5.92. The van der Waals surface area contributed by atoms with Crippen molar-refractivity contribution in [3.8, 4) is 5.69 Å². The van der Waals surface area contributed by atoms with Gasteiger partial charge in [0.05, 0.1) is 41.6 Å². The van der Waals surface area contributed by atoms with Gasteiger partial charge in [0.25, 0.3) is 0 Å². The molecule has 9 heteroatoms. The molecule has 1 atom stereocenters. The molecule has 34 heavy (non-hydrogen) atoms. The number of anilines is 1. The molecule has 0 aliphatic carbocycles. The number of hydrogen-bond acceptors (Lipinski definition) is 7. The van der Waals surface area contributed by atoms with Crippen LogP contribution in [-0.2, 0) is 9.53 Å². The minimum absolute atomic E-state index is 0.0612. The van der Waals surface area contributed by atoms with Crippen LogP contribution in [0.5, 0.6) is 0 Å². The van der Waals surface area contributed by atoms with Crippen molar-refractivity contribution in [1.29, 1.82) is 0 Å². The number of amides is 1. The molecular weight excluding hydrogens is 430 g/mol. The summed E-state index contributed by atoms with van der Waals surface area (Å²) in [5, 5.41) is 18.1. The van der Waals surface area contributed by atoms with Crippen molar-refractivity contribution in [2.45, 2.75) is 26.7 Å². The van der Waals surface area contributed by atoms with Crippen molar-refractivity contribution >= 4 is 22.6 Å². The first kappa shape index (κ1) is 22.7. The molecule has 1 amide bonds. The zero-order valence-corrected chi connectivity index (χ0v) is 20.0. The van der Waals surface area contributed by atoms with Crippen LogP contribution in [0, 0.1) is 19.8 Å². The van der Waals surface area contributed by atoms with Gasteiger partial charge >= 0.3 is 0 Å². The third-order valence-corrected chi connectivity index (χ3v) is 6.91. The van der Waals surface area contributed by atoms with Crippen LogP contribution >= 0.6 is 0 Å². The molecule has 2 aromatic heterocycles. The fourth-order valence-electron chi connectivity index (χ4n) is 5.04. The predicted octanol–water partition coefficient (Wildman–Crippen LogP) is 2.10. The Kier molecular flexibility index (Phi) is 6.73. The Hall–Kier alpha value is -3.04. The van der Waals surface area contributed by atoms with Crippen LogP contribution in [0.4, 0.5) is 5.82 Å². The number of benzene rings is 1. The molecule has 9 nitrogen and oxygen atoms in total. The number of morpholine rings is 1. The molecule has 0 saturated carbocycles. The number of ether oxygens (including phenoxy) is 1. The molecule has 2 saturated heterocycles. The summed E-state index contributed by atoms with van der Waals surface area (Å²) in [6.07, 6.45) is 1.83. The Balaban J connectivity index is 1.32. The van der Waals surface area contributed by atoms with E-state index in [1.807, 2.05) is 41.9 Å². The smallest absolute Gasteiger partial charge is 0.224 e. The second-order valence-electron chi connectivity index (χ2n) is 9.20. The van der Waals surface area contributed by atoms with Crippen LogP contribution < -0.4 is 10.2 Å². The maximum atomic E-state index is 12.9. The van der Waals surface area contributed by atoms with Crippen LogP contribution in [0.3, 0.4) is 0 Å². The Morgan fingerprint density at radius 3 is 2.71 bits per heavy atom. The van der Waals surface area contributed by atoms with E-state index in [9.17, 15) is 4.79 Å². The van der Waals surface area contributed by atoms with E-state index in [0.29, 0.717) is 13.1 Å². The minimum Gasteiger partial charge on any atom is -0.379 e. The second kappa shape index (κ2) is 10.1. The van der Waals surface area contributed by atoms with E-state index in [2.05, 4.69) is 32.2 Å². The summed E-state index contributed by atoms with van der Waals surface area (Å²) in [6.45, 7) is 10.5. The van der Waals surface area contributed by atoms with E-state index in [1.54, 1.807) is 0 Å². The van der Waals surface area contributed by atoms with Gasteiger partial charge in [-0.15, -0.1) is 5.10 Å². The van der Waals surface area contributed by atoms with Gasteiger partial charge in [0.2, 0.25) is 5.91 Å². The van der Waals surface area contributed by atoms with Gasteiger partial charge in [-0.3, -0.25) is 9.69 Å². The number of para-hydroxylation sites is 1. The molecule has 0 radical (unpaired) electrons. The Morgan fingerprint density at radius 2 is 1.91 bits per heavy atom. The van der Waals surface area contributed by atoms with Crippen molar-refractivity contribution in [2.75, 3.05) is 57.4 Å². The van der Waals surface area contributed by atoms with Crippen LogP contribution in [0.2, 0.25) is 0 Å². The molecule has 2 aliphatic heterocycles. The van der Waals surface area contributed by atoms with Crippen LogP contribution in [0.1, 0.15) is 24.2 Å². The summed E-state index contributed by atoms with van der Waals surface area (Å²) in [5.41, 5.74) is 3.78. The summed E-state index contributed by atoms with van der Waals surface area (Å²) in [6, 6.07) is 10.1. The maximum Gasteiger partial charge on any atom is 0.224 e. The highest BCUT2D eigenvalue weighted by Crippen LogP contribution is 2.31. The predicted molar refractivity (Wildman–Crippen MR) is 131 cm³/mol. The van der Waals surface area contributed by atoms with E-state index in [4.69, 9.17) is 9.84 Å². The first-order valence-electron chi connectivity index (χ1n) is 12.2. The van der Waals surface area contributed by atoms with Crippen molar-refractivity contribution in [2.24, 2.45) is 5.92 Å². The van der Waals surface area contributed by atoms with Gasteiger partial charge in [0.15, 0.2) is 5.82 Å². The number of carbonyl (C=O) groups is 1. The van der Waals surface area contributed by atoms with E-state index in [0.717, 1.165) is 86.0 Å². The third kappa shape index (κ3) is 4.63. The van der Waals surface area contributed by atoms with E-state index < -0.39 is 0 Å². The minimum atomic E-state index is -0.0612. The summed E-state index contributed by atoms with van der Waals surface area (Å²) in [7, 11) is 0. The Labute approximate surface area is 200 Å². The quantitative estimate of drug-likeness (QED) is 0.599. The van der Waals surface area contributed by atoms with Crippen LogP contribution in [0.15, 0.2) is 30.3 Å². The molecule has 4 heterocycles. The number of hydrogen-bond donors (Lipinski definition) is 1. The zero-order chi connectivity index (χ0) is 23.5. The number of nitrogens with one attached hydrogen (secondary N) is 1. The number of carbonyl (C=O) groups excluding carboxylic acids is 1. The maximum absolute atomic E-state index is 12.9. The van der Waals surface area contributed by atoms with Gasteiger partial charge in [0, 0.05) is 39.3 Å². The van der Waals surface area contributed by atoms with Crippen LogP contribution in [-0.4, -0.2) is 83.3 Å². The Morgan fingerprint density at radius 1 is 1.12 bits per heavy atom. The van der Waals surface area contributed by atoms with Crippen molar-refractivity contribution in [3.05, 3.63) is 41.7 Å². The Bertz CT molecular complexity index is 1140. The molecule has 0 spiro atoms. The van der Waals surface area contributed by atoms with Gasteiger partial charge in [-0.1, -0.05) is 18.2 Å². The standard InChI is InChI=1S/C25H33N7O2/c1-18-22-19(2)32(21-8-4-3-5-9-21)29-23(22)24(28-27-18)31-11-6-7-20(17-31)25(33)26-10-12-30-13-15-34-16-14-30/h3-5,8-9,20H,6-7,10-17H2,1-2H3,(H,26,33)/t20-/m0/s1. The summed E-state index contributed by atoms with van der Waals surface area (Å²) in [4.78, 5) is 17.5. The summed E-state index contributed by atoms with van der Waals surface area (Å²) < 4.78 is 7.36. The first-order chi connectivity index (χ1) is 16.6. The lowest BCUT2D eigenvalue weighted by Crippen LogP contribution is -2.46. The molecule has 1 aromatic carbocycles. The van der Waals surface area contributed by atoms with E-state index in [1.165, 1.54) is 0 Å². The van der Waals surface area contributed by atoms with E-state index >= 15 is 0 Å². The van der Waals surface area contributed by atoms with Gasteiger partial charge in [0.1, 0.15) is 5.52 Å². The molecule has 0 bridgehead atoms. The molecule has 0 unspecified atom stereocenters. The average Bonchev–Trinajstić information content (AvgIpc) is 3.23. The monoisotopic (exact) mass is 463 g/mol. The SMILES string of the molecule is Cc1nnc(N2CCC[C@H](C(=O)NCCN3CCOCC3)C2)c2nn(-c3ccccc3)c(C)c12. The zero-order valence-electron chi connectivity index (χ0n) is 20.0. The lowest BCUT2D eigenvalue weighted by Gasteiger charge is -2.33. The average molecular weight is 464 g/mol. The van der Waals surface area contributed by atoms with Crippen molar-refractivity contribution in [3.63, 3.8) is 0 Å². The topological polar surface area (TPSA) is 88.4 Å². The molecule has 2 aliphatic rings. The fraction of sp³-hybridized carbons (Fsp3) is 0.520. The van der Waals surface area contributed by atoms with Gasteiger partial charge in [-0.05, 0) is 38.8 Å². The number of piperidine rings is 1. The molecular formula is C25H33N7O2. The third-order valence-electron chi connectivity index (χ3n) is 6.91. The first-order valence-corrected chi connectivity index (χ1v) is 12.2. The lowest BCUT2D eigenvalue weighted by molar-refractivity contribution is -0.125.